The van der Waals surface area contributed by atoms with E-state index in [-0.39, 0.29) is 13.3 Å². The summed E-state index contributed by atoms with van der Waals surface area (Å²) in [6.07, 6.45) is 2.68. The third kappa shape index (κ3) is 5.55. The molecule has 5 heteroatoms. The molecule has 1 spiro atoms. The number of para-hydroxylation sites is 1. The molecule has 0 atom stereocenters. The van der Waals surface area contributed by atoms with Crippen molar-refractivity contribution in [3.05, 3.63) is 114 Å². The lowest BCUT2D eigenvalue weighted by Crippen LogP contribution is -2.56. The van der Waals surface area contributed by atoms with E-state index in [4.69, 9.17) is 6.57 Å². The molecule has 0 N–H and O–H groups in total. The van der Waals surface area contributed by atoms with Gasteiger partial charge in [-0.2, -0.15) is 0 Å². The second-order valence-corrected chi connectivity index (χ2v) is 9.89. The molecular formula is C32H38N4O. The van der Waals surface area contributed by atoms with Gasteiger partial charge in [-0.05, 0) is 49.1 Å². The van der Waals surface area contributed by atoms with Crippen molar-refractivity contribution in [2.45, 2.75) is 38.1 Å². The number of piperidine rings is 1. The second-order valence-electron chi connectivity index (χ2n) is 9.89. The summed E-state index contributed by atoms with van der Waals surface area (Å²) in [7, 11) is 0. The molecule has 1 amide bonds. The minimum atomic E-state index is -0.502. The third-order valence-electron chi connectivity index (χ3n) is 7.88. The Morgan fingerprint density at radius 3 is 1.89 bits per heavy atom. The molecular weight excluding hydrogens is 456 g/mol. The van der Waals surface area contributed by atoms with Gasteiger partial charge in [0.1, 0.15) is 5.54 Å². The van der Waals surface area contributed by atoms with Crippen LogP contribution in [-0.2, 0) is 4.79 Å². The molecule has 2 saturated heterocycles. The van der Waals surface area contributed by atoms with Crippen molar-refractivity contribution in [3.8, 4) is 0 Å². The van der Waals surface area contributed by atoms with Gasteiger partial charge in [0.15, 0.2) is 0 Å². The number of amides is 1. The Morgan fingerprint density at radius 2 is 1.35 bits per heavy atom. The van der Waals surface area contributed by atoms with Crippen molar-refractivity contribution < 1.29 is 4.79 Å². The van der Waals surface area contributed by atoms with E-state index in [1.54, 1.807) is 0 Å². The van der Waals surface area contributed by atoms with Gasteiger partial charge in [-0.3, -0.25) is 4.79 Å². The summed E-state index contributed by atoms with van der Waals surface area (Å²) in [5.41, 5.74) is 3.30. The monoisotopic (exact) mass is 494 g/mol. The van der Waals surface area contributed by atoms with Gasteiger partial charge in [-0.1, -0.05) is 86.3 Å². The number of carbonyl (C=O) groups excluding carboxylic acids is 1. The Balaban J connectivity index is 0.00000320. The number of anilines is 1. The first-order valence-electron chi connectivity index (χ1n) is 13.0. The number of nitrogens with zero attached hydrogens (tertiary/aromatic N) is 4. The Hall–Kier alpha value is -3.62. The van der Waals surface area contributed by atoms with Gasteiger partial charge in [-0.15, -0.1) is 0 Å². The second kappa shape index (κ2) is 12.1. The smallest absolute Gasteiger partial charge is 0.250 e. The normalized spacial score (nSPS) is 17.1. The molecule has 2 heterocycles. The van der Waals surface area contributed by atoms with Crippen LogP contribution in [0.4, 0.5) is 5.69 Å². The molecule has 3 aromatic carbocycles. The minimum Gasteiger partial charge on any atom is -0.339 e. The van der Waals surface area contributed by atoms with Crippen LogP contribution >= 0.6 is 0 Å². The first kappa shape index (κ1) is 26.4. The van der Waals surface area contributed by atoms with Crippen molar-refractivity contribution in [1.82, 2.24) is 9.80 Å². The zero-order valence-electron chi connectivity index (χ0n) is 20.8. The van der Waals surface area contributed by atoms with Gasteiger partial charge in [0.25, 0.3) is 0 Å². The molecule has 2 fully saturated rings. The SMILES string of the molecule is C.[C-]#[N+]CCN1CN(c2ccccc2)C2(CCN(CCC(c3ccccc3)c3ccccc3)CC2)C1=O. The van der Waals surface area contributed by atoms with Crippen LogP contribution in [0.5, 0.6) is 0 Å². The molecule has 0 unspecified atom stereocenters. The largest absolute Gasteiger partial charge is 0.339 e. The maximum absolute atomic E-state index is 13.7. The summed E-state index contributed by atoms with van der Waals surface area (Å²) >= 11 is 0. The molecule has 5 nitrogen and oxygen atoms in total. The highest BCUT2D eigenvalue weighted by Gasteiger charge is 2.53. The van der Waals surface area contributed by atoms with Crippen LogP contribution < -0.4 is 4.90 Å². The fourth-order valence-corrected chi connectivity index (χ4v) is 5.90. The van der Waals surface area contributed by atoms with E-state index in [2.05, 4.69) is 87.4 Å². The topological polar surface area (TPSA) is 31.1 Å². The van der Waals surface area contributed by atoms with Crippen LogP contribution in [0.2, 0.25) is 0 Å². The highest BCUT2D eigenvalue weighted by atomic mass is 16.2. The summed E-state index contributed by atoms with van der Waals surface area (Å²) in [6.45, 7) is 11.4. The van der Waals surface area contributed by atoms with Crippen LogP contribution in [0.1, 0.15) is 43.7 Å². The first-order valence-corrected chi connectivity index (χ1v) is 13.0. The fourth-order valence-electron chi connectivity index (χ4n) is 5.90. The zero-order valence-corrected chi connectivity index (χ0v) is 20.8. The molecule has 0 aromatic heterocycles. The molecule has 5 rings (SSSR count). The highest BCUT2D eigenvalue weighted by molar-refractivity contribution is 5.93. The number of hydrogen-bond donors (Lipinski definition) is 0. The maximum Gasteiger partial charge on any atom is 0.250 e. The molecule has 2 aliphatic heterocycles. The van der Waals surface area contributed by atoms with Crippen LogP contribution in [-0.4, -0.2) is 60.6 Å². The fraction of sp³-hybridized carbons (Fsp3) is 0.375. The van der Waals surface area contributed by atoms with E-state index < -0.39 is 5.54 Å². The van der Waals surface area contributed by atoms with E-state index >= 15 is 0 Å². The molecule has 0 radical (unpaired) electrons. The zero-order chi connectivity index (χ0) is 24.8. The molecule has 192 valence electrons. The number of benzene rings is 3. The lowest BCUT2D eigenvalue weighted by molar-refractivity contribution is -0.133. The van der Waals surface area contributed by atoms with Crippen LogP contribution in [0, 0.1) is 6.57 Å². The minimum absolute atomic E-state index is 0. The van der Waals surface area contributed by atoms with Crippen LogP contribution in [0.25, 0.3) is 4.85 Å². The summed E-state index contributed by atoms with van der Waals surface area (Å²) in [6, 6.07) is 31.9. The van der Waals surface area contributed by atoms with Crippen LogP contribution in [0.15, 0.2) is 91.0 Å². The van der Waals surface area contributed by atoms with Crippen molar-refractivity contribution in [3.63, 3.8) is 0 Å². The van der Waals surface area contributed by atoms with Gasteiger partial charge in [0.05, 0.1) is 13.2 Å². The van der Waals surface area contributed by atoms with Crippen molar-refractivity contribution in [2.24, 2.45) is 0 Å². The summed E-state index contributed by atoms with van der Waals surface area (Å²) in [5, 5.41) is 0. The Bertz CT molecular complexity index is 1130. The summed E-state index contributed by atoms with van der Waals surface area (Å²) in [5.74, 6) is 0.558. The lowest BCUT2D eigenvalue weighted by atomic mass is 9.84. The van der Waals surface area contributed by atoms with E-state index in [1.807, 2.05) is 23.1 Å². The summed E-state index contributed by atoms with van der Waals surface area (Å²) < 4.78 is 0. The Labute approximate surface area is 222 Å². The maximum atomic E-state index is 13.7. The summed E-state index contributed by atoms with van der Waals surface area (Å²) in [4.78, 5) is 23.9. The lowest BCUT2D eigenvalue weighted by Gasteiger charge is -2.43. The van der Waals surface area contributed by atoms with E-state index in [0.717, 1.165) is 44.6 Å². The Kier molecular flexibility index (Phi) is 8.63. The number of likely N-dealkylation sites (tertiary alicyclic amines) is 1. The van der Waals surface area contributed by atoms with Crippen molar-refractivity contribution in [2.75, 3.05) is 44.3 Å². The molecule has 0 saturated carbocycles. The molecule has 0 aliphatic carbocycles. The molecule has 37 heavy (non-hydrogen) atoms. The van der Waals surface area contributed by atoms with Crippen molar-refractivity contribution >= 4 is 11.6 Å². The quantitative estimate of drug-likeness (QED) is 0.365. The first-order chi connectivity index (χ1) is 17.7. The van der Waals surface area contributed by atoms with Crippen molar-refractivity contribution in [1.29, 1.82) is 0 Å². The number of rotatable bonds is 8. The number of hydrogen-bond acceptors (Lipinski definition) is 3. The van der Waals surface area contributed by atoms with Gasteiger partial charge in [0.2, 0.25) is 12.5 Å². The van der Waals surface area contributed by atoms with Crippen LogP contribution in [0.3, 0.4) is 0 Å². The van der Waals surface area contributed by atoms with Gasteiger partial charge in [-0.25, -0.2) is 6.57 Å². The average molecular weight is 495 g/mol. The predicted octanol–water partition coefficient (Wildman–Crippen LogP) is 5.90. The number of carbonyl (C=O) groups is 1. The molecule has 2 aliphatic rings. The average Bonchev–Trinajstić information content (AvgIpc) is 3.21. The van der Waals surface area contributed by atoms with Gasteiger partial charge >= 0.3 is 0 Å². The van der Waals surface area contributed by atoms with E-state index in [0.29, 0.717) is 25.7 Å². The van der Waals surface area contributed by atoms with E-state index in [1.165, 1.54) is 11.1 Å². The van der Waals surface area contributed by atoms with Gasteiger partial charge in [0, 0.05) is 24.7 Å². The van der Waals surface area contributed by atoms with Gasteiger partial charge < -0.3 is 19.5 Å². The van der Waals surface area contributed by atoms with E-state index in [9.17, 15) is 4.79 Å². The Morgan fingerprint density at radius 1 is 0.811 bits per heavy atom. The third-order valence-corrected chi connectivity index (χ3v) is 7.88. The molecule has 3 aromatic rings. The standard InChI is InChI=1S/C31H34N4O.CH4/c1-32-20-24-34-25-35(28-15-9-4-10-16-28)31(30(34)36)18-22-33(23-19-31)21-17-29(26-11-5-2-6-12-26)27-13-7-3-8-14-27;/h2-16,29H,17-25H2;1H4. The predicted molar refractivity (Wildman–Crippen MR) is 151 cm³/mol. The highest BCUT2D eigenvalue weighted by Crippen LogP contribution is 2.40. The molecule has 0 bridgehead atoms.